The normalized spacial score (nSPS) is 29.3. The number of amides is 7. The molecule has 0 aromatic heterocycles. The van der Waals surface area contributed by atoms with Crippen molar-refractivity contribution >= 4 is 67.7 Å². The van der Waals surface area contributed by atoms with Crippen LogP contribution in [0.2, 0.25) is 0 Å². The molecule has 0 spiro atoms. The summed E-state index contributed by atoms with van der Waals surface area (Å²) >= 11 is 0. The number of sulfonamides is 2. The quantitative estimate of drug-likeness (QED) is 0.0662. The lowest BCUT2D eigenvalue weighted by Gasteiger charge is -2.36. The fourth-order valence-electron chi connectivity index (χ4n) is 15.7. The van der Waals surface area contributed by atoms with Crippen LogP contribution in [-0.2, 0) is 91.8 Å². The van der Waals surface area contributed by atoms with Crippen molar-refractivity contribution in [2.24, 2.45) is 40.2 Å². The van der Waals surface area contributed by atoms with E-state index in [0.29, 0.717) is 57.3 Å². The Bertz CT molecular complexity index is 4260. The molecule has 6 saturated carbocycles. The fourth-order valence-corrected chi connectivity index (χ4v) is 18.4. The maximum Gasteiger partial charge on any atom is 0.407 e. The van der Waals surface area contributed by atoms with Crippen LogP contribution < -0.4 is 31.1 Å². The summed E-state index contributed by atoms with van der Waals surface area (Å²) in [5, 5.41) is 17.6. The Morgan fingerprint density at radius 2 is 0.952 bits per heavy atom. The third kappa shape index (κ3) is 17.1. The van der Waals surface area contributed by atoms with Gasteiger partial charge in [-0.15, -0.1) is 0 Å². The van der Waals surface area contributed by atoms with Crippen LogP contribution in [0.3, 0.4) is 0 Å². The van der Waals surface area contributed by atoms with E-state index in [2.05, 4.69) is 49.7 Å². The van der Waals surface area contributed by atoms with Gasteiger partial charge in [-0.25, -0.2) is 31.2 Å². The highest BCUT2D eigenvalue weighted by Gasteiger charge is 2.68. The monoisotopic (exact) mass is 1490 g/mol. The van der Waals surface area contributed by atoms with Crippen LogP contribution in [0.15, 0.2) is 97.1 Å². The molecule has 10 aliphatic rings. The van der Waals surface area contributed by atoms with Crippen LogP contribution in [-0.4, -0.2) is 166 Å². The van der Waals surface area contributed by atoms with Gasteiger partial charge in [0.15, 0.2) is 0 Å². The van der Waals surface area contributed by atoms with Gasteiger partial charge in [-0.1, -0.05) is 126 Å². The van der Waals surface area contributed by atoms with Gasteiger partial charge >= 0.3 is 18.2 Å². The number of aliphatic carboxylic acids is 1. The van der Waals surface area contributed by atoms with E-state index < -0.39 is 130 Å². The number of benzene rings is 4. The molecule has 14 rings (SSSR count). The van der Waals surface area contributed by atoms with Crippen LogP contribution in [0.25, 0.3) is 22.3 Å². The molecule has 4 heterocycles. The Hall–Kier alpha value is -7.98. The standard InChI is InChI=1S/C39H50N4O8S.C29H36N2O6.C10H16N2O3S/c1-37(2,3)32-34(45)43-23-38(50-4,28-13-8-12-27(20-28)26-11-7-10-24(19-26)9-5-6-18-51-36(47)40-32)22-31(43)33(44)41-39(21-30(39)25-14-15-25)35(46)42-52(48,49)29-16-17-29;1-28(2,3)24-25(32)31-18-29(36-4,17-23(31)26(33)34)22-13-8-12-21(16-22)20-11-7-10-19(15-20)9-5-6-14-37-27(35)30-24;11-10(5-8(10)6-1-2-6)9(13)12-16(14,15)7-3-4-7/h7-8,10-13,19-20,25,29-32H,5-6,9,14-18,21-23H2,1-4H3,(H,40,47)(H,41,44)(H,42,46);7-8,10-13,15-16,23-24H,5-6,9,14,17-18H2,1-4H3,(H,30,35)(H,33,34);6-8H,1-5,11H2,(H,12,13)/t30-,31-,32+,38-,39+;23-,24+,29-;8-,10+/m000/s1. The van der Waals surface area contributed by atoms with E-state index in [1.54, 1.807) is 14.2 Å². The van der Waals surface area contributed by atoms with Crippen LogP contribution in [0.5, 0.6) is 0 Å². The number of rotatable bonds is 13. The predicted molar refractivity (Wildman–Crippen MR) is 390 cm³/mol. The fraction of sp³-hybridized carbons (Fsp3) is 0.590. The number of hydrogen-bond donors (Lipinski definition) is 7. The van der Waals surface area contributed by atoms with Gasteiger partial charge in [0.2, 0.25) is 37.8 Å². The zero-order valence-electron chi connectivity index (χ0n) is 61.3. The Balaban J connectivity index is 0.000000168. The number of carbonyl (C=O) groups is 8. The van der Waals surface area contributed by atoms with Crippen LogP contribution in [0.1, 0.15) is 167 Å². The second kappa shape index (κ2) is 29.6. The number of fused-ring (bicyclic) bond motifs is 16. The summed E-state index contributed by atoms with van der Waals surface area (Å²) in [7, 11) is -4.19. The molecule has 10 atom stereocenters. The minimum Gasteiger partial charge on any atom is -0.480 e. The minimum atomic E-state index is -3.86. The molecule has 0 radical (unpaired) electrons. The van der Waals surface area contributed by atoms with Gasteiger partial charge < -0.3 is 55.5 Å². The second-order valence-electron chi connectivity index (χ2n) is 32.9. The summed E-state index contributed by atoms with van der Waals surface area (Å²) in [6.07, 6.45) is 10.7. The van der Waals surface area contributed by atoms with E-state index in [0.717, 1.165) is 90.3 Å². The first-order valence-electron chi connectivity index (χ1n) is 37.1. The van der Waals surface area contributed by atoms with Gasteiger partial charge in [-0.05, 0) is 194 Å². The number of carbonyl (C=O) groups excluding carboxylic acids is 7. The van der Waals surface area contributed by atoms with Crippen molar-refractivity contribution in [1.82, 2.24) is 35.2 Å². The molecule has 8 N–H and O–H groups in total. The number of aryl methyl sites for hydroxylation is 2. The molecule has 105 heavy (non-hydrogen) atoms. The summed E-state index contributed by atoms with van der Waals surface area (Å²) in [4.78, 5) is 110. The largest absolute Gasteiger partial charge is 0.480 e. The molecule has 2 saturated heterocycles. The molecule has 27 heteroatoms. The number of cyclic esters (lactones) is 2. The molecule has 568 valence electrons. The molecule has 25 nitrogen and oxygen atoms in total. The van der Waals surface area contributed by atoms with Crippen molar-refractivity contribution in [1.29, 1.82) is 0 Å². The van der Waals surface area contributed by atoms with Crippen molar-refractivity contribution in [2.45, 2.75) is 214 Å². The highest BCUT2D eigenvalue weighted by Crippen LogP contribution is 2.58. The van der Waals surface area contributed by atoms with E-state index in [4.69, 9.17) is 24.7 Å². The van der Waals surface area contributed by atoms with E-state index in [-0.39, 0.29) is 62.1 Å². The zero-order valence-corrected chi connectivity index (χ0v) is 63.0. The average Bonchev–Trinajstić information content (AvgIpc) is 1.55. The number of carboxylic acids is 1. The van der Waals surface area contributed by atoms with Crippen molar-refractivity contribution in [3.63, 3.8) is 0 Å². The molecule has 4 aliphatic heterocycles. The Morgan fingerprint density at radius 3 is 1.37 bits per heavy atom. The molecule has 4 aromatic carbocycles. The number of nitrogens with zero attached hydrogens (tertiary/aromatic N) is 2. The van der Waals surface area contributed by atoms with E-state index in [1.807, 2.05) is 114 Å². The number of hydrogen-bond acceptors (Lipinski definition) is 17. The number of methoxy groups -OCH3 is 2. The molecular formula is C78H102N8O17S2. The molecule has 8 fully saturated rings. The van der Waals surface area contributed by atoms with Gasteiger partial charge in [-0.2, -0.15) is 0 Å². The molecule has 0 unspecified atom stereocenters. The van der Waals surface area contributed by atoms with E-state index in [9.17, 15) is 60.3 Å². The molecular weight excluding hydrogens is 1390 g/mol. The van der Waals surface area contributed by atoms with Crippen molar-refractivity contribution in [3.8, 4) is 22.3 Å². The number of alkyl carbamates (subject to hydrolysis) is 2. The van der Waals surface area contributed by atoms with Crippen LogP contribution in [0.4, 0.5) is 9.59 Å². The van der Waals surface area contributed by atoms with E-state index in [1.165, 1.54) is 15.4 Å². The van der Waals surface area contributed by atoms with Crippen LogP contribution in [0, 0.1) is 34.5 Å². The third-order valence-electron chi connectivity index (χ3n) is 22.8. The Morgan fingerprint density at radius 1 is 0.543 bits per heavy atom. The number of nitrogens with two attached hydrogens (primary N) is 1. The van der Waals surface area contributed by atoms with Crippen molar-refractivity contribution in [2.75, 3.05) is 40.5 Å². The average molecular weight is 1490 g/mol. The third-order valence-corrected chi connectivity index (χ3v) is 26.5. The van der Waals surface area contributed by atoms with Crippen molar-refractivity contribution < 1.29 is 79.2 Å². The first kappa shape index (κ1) is 76.7. The van der Waals surface area contributed by atoms with Gasteiger partial charge in [0, 0.05) is 27.1 Å². The molecule has 6 aliphatic carbocycles. The summed E-state index contributed by atoms with van der Waals surface area (Å²) in [6.45, 7) is 11.4. The maximum absolute atomic E-state index is 14.7. The van der Waals surface area contributed by atoms with Gasteiger partial charge in [0.1, 0.15) is 40.9 Å². The first-order valence-corrected chi connectivity index (χ1v) is 40.2. The van der Waals surface area contributed by atoms with Gasteiger partial charge in [-0.3, -0.25) is 33.4 Å². The molecule has 4 aromatic rings. The number of ether oxygens (including phenoxy) is 4. The Labute approximate surface area is 615 Å². The second-order valence-corrected chi connectivity index (χ2v) is 36.8. The molecule has 12 bridgehead atoms. The lowest BCUT2D eigenvalue weighted by molar-refractivity contribution is -0.150. The lowest BCUT2D eigenvalue weighted by Crippen LogP contribution is -2.60. The number of nitrogens with one attached hydrogen (secondary N) is 5. The minimum absolute atomic E-state index is 0.00543. The topological polar surface area (TPSA) is 355 Å². The Kier molecular flexibility index (Phi) is 21.6. The summed E-state index contributed by atoms with van der Waals surface area (Å²) < 4.78 is 76.5. The summed E-state index contributed by atoms with van der Waals surface area (Å²) in [5.74, 6) is -3.07. The van der Waals surface area contributed by atoms with E-state index >= 15 is 0 Å². The molecule has 7 amide bonds. The first-order chi connectivity index (χ1) is 49.6. The van der Waals surface area contributed by atoms with Crippen LogP contribution >= 0.6 is 0 Å². The highest BCUT2D eigenvalue weighted by atomic mass is 32.2. The zero-order chi connectivity index (χ0) is 75.4. The number of carboxylic acid groups (broad SMARTS) is 1. The predicted octanol–water partition coefficient (Wildman–Crippen LogP) is 8.25. The summed E-state index contributed by atoms with van der Waals surface area (Å²) in [6, 6.07) is 28.2. The maximum atomic E-state index is 14.7. The SMILES string of the molecule is CO[C@@]12C[C@@H](C(=O)N[C@]3(C(=O)NS(=O)(=O)C4CC4)C[C@H]3C3CC3)N(C1)C(=O)[C@H](C(C)(C)C)NC(=O)OCCCCc1cccc(c1)-c1cccc2c1.CO[C@@]12C[C@@H](C(=O)O)N(C1)C(=O)[C@H](C(C)(C)C)NC(=O)OCCCCc1cccc(c1)-c1cccc2c1.N[C@]1(C(=O)NS(=O)(=O)C2CC2)C[C@H]1C1CC1. The smallest absolute Gasteiger partial charge is 0.407 e. The summed E-state index contributed by atoms with van der Waals surface area (Å²) in [5.41, 5.74) is 8.00. The van der Waals surface area contributed by atoms with Gasteiger partial charge in [0.25, 0.3) is 11.8 Å². The highest BCUT2D eigenvalue weighted by molar-refractivity contribution is 7.91. The van der Waals surface area contributed by atoms with Crippen molar-refractivity contribution in [3.05, 3.63) is 119 Å². The van der Waals surface area contributed by atoms with Gasteiger partial charge in [0.05, 0.1) is 42.3 Å². The lowest BCUT2D eigenvalue weighted by atomic mass is 9.85.